The second kappa shape index (κ2) is 7.32. The SMILES string of the molecule is O=C1[C@H]2ON(c3ccc(Cl)cc3)C3(CCCCC3)[C@H]2C(=O)N1c1cccc([N+](=O)[O-])c1. The molecule has 1 aliphatic carbocycles. The number of hydrogen-bond acceptors (Lipinski definition) is 6. The summed E-state index contributed by atoms with van der Waals surface area (Å²) >= 11 is 6.04. The summed E-state index contributed by atoms with van der Waals surface area (Å²) in [7, 11) is 0. The number of benzene rings is 2. The number of carbonyl (C=O) groups is 2. The van der Waals surface area contributed by atoms with Crippen LogP contribution in [0.15, 0.2) is 48.5 Å². The average molecular weight is 442 g/mol. The molecule has 5 rings (SSSR count). The number of rotatable bonds is 3. The van der Waals surface area contributed by atoms with Gasteiger partial charge in [0.2, 0.25) is 5.91 Å². The first kappa shape index (κ1) is 20.0. The third kappa shape index (κ3) is 3.01. The second-order valence-electron chi connectivity index (χ2n) is 8.23. The van der Waals surface area contributed by atoms with Gasteiger partial charge in [-0.2, -0.15) is 0 Å². The van der Waals surface area contributed by atoms with E-state index in [-0.39, 0.29) is 17.3 Å². The molecule has 1 saturated carbocycles. The van der Waals surface area contributed by atoms with E-state index in [2.05, 4.69) is 0 Å². The Labute approximate surface area is 183 Å². The zero-order chi connectivity index (χ0) is 21.8. The van der Waals surface area contributed by atoms with Crippen LogP contribution in [0, 0.1) is 16.0 Å². The maximum atomic E-state index is 13.6. The number of amides is 2. The Morgan fingerprint density at radius 2 is 1.71 bits per heavy atom. The molecule has 0 bridgehead atoms. The Bertz CT molecular complexity index is 1070. The van der Waals surface area contributed by atoms with E-state index in [4.69, 9.17) is 16.4 Å². The molecule has 2 aromatic rings. The molecule has 0 radical (unpaired) electrons. The van der Waals surface area contributed by atoms with Crippen LogP contribution in [0.3, 0.4) is 0 Å². The molecular formula is C22H20ClN3O5. The molecule has 8 nitrogen and oxygen atoms in total. The summed E-state index contributed by atoms with van der Waals surface area (Å²) in [5, 5.41) is 13.5. The van der Waals surface area contributed by atoms with E-state index in [0.29, 0.717) is 5.02 Å². The molecule has 160 valence electrons. The van der Waals surface area contributed by atoms with Gasteiger partial charge in [-0.3, -0.25) is 24.5 Å². The lowest BCUT2D eigenvalue weighted by molar-refractivity contribution is -0.384. The minimum Gasteiger partial charge on any atom is -0.273 e. The molecule has 2 saturated heterocycles. The van der Waals surface area contributed by atoms with Crippen LogP contribution in [0.25, 0.3) is 0 Å². The quantitative estimate of drug-likeness (QED) is 0.401. The lowest BCUT2D eigenvalue weighted by atomic mass is 9.71. The fraction of sp³-hybridized carbons (Fsp3) is 0.364. The Balaban J connectivity index is 1.55. The number of hydrogen-bond donors (Lipinski definition) is 0. The molecule has 0 N–H and O–H groups in total. The number of fused-ring (bicyclic) bond motifs is 2. The van der Waals surface area contributed by atoms with E-state index in [1.165, 1.54) is 24.3 Å². The van der Waals surface area contributed by atoms with E-state index in [1.54, 1.807) is 17.2 Å². The van der Waals surface area contributed by atoms with Gasteiger partial charge in [-0.05, 0) is 43.2 Å². The zero-order valence-electron chi connectivity index (χ0n) is 16.6. The molecule has 2 amide bonds. The fourth-order valence-corrected chi connectivity index (χ4v) is 5.31. The maximum Gasteiger partial charge on any atom is 0.271 e. The van der Waals surface area contributed by atoms with Crippen molar-refractivity contribution in [2.75, 3.05) is 9.96 Å². The molecule has 2 atom stereocenters. The van der Waals surface area contributed by atoms with Crippen LogP contribution >= 0.6 is 11.6 Å². The van der Waals surface area contributed by atoms with Gasteiger partial charge in [0, 0.05) is 17.2 Å². The summed E-state index contributed by atoms with van der Waals surface area (Å²) < 4.78 is 0. The van der Waals surface area contributed by atoms with Crippen molar-refractivity contribution in [3.8, 4) is 0 Å². The van der Waals surface area contributed by atoms with Gasteiger partial charge in [-0.1, -0.05) is 36.9 Å². The van der Waals surface area contributed by atoms with Gasteiger partial charge in [-0.25, -0.2) is 9.96 Å². The molecule has 3 fully saturated rings. The number of nitro benzene ring substituents is 1. The number of anilines is 2. The van der Waals surface area contributed by atoms with E-state index in [0.717, 1.165) is 42.7 Å². The fourth-order valence-electron chi connectivity index (χ4n) is 5.18. The molecule has 9 heteroatoms. The molecule has 0 unspecified atom stereocenters. The molecule has 2 aromatic carbocycles. The highest BCUT2D eigenvalue weighted by atomic mass is 35.5. The molecule has 0 aromatic heterocycles. The standard InChI is InChI=1S/C22H20ClN3O5/c23-14-7-9-15(10-8-14)25-22(11-2-1-3-12-22)18-19(31-25)21(28)24(20(18)27)16-5-4-6-17(13-16)26(29)30/h4-10,13,18-19H,1-3,11-12H2/t18-,19+/m1/s1. The highest BCUT2D eigenvalue weighted by Gasteiger charge is 2.67. The van der Waals surface area contributed by atoms with Crippen molar-refractivity contribution in [1.82, 2.24) is 0 Å². The minimum atomic E-state index is -0.958. The normalized spacial score (nSPS) is 24.7. The van der Waals surface area contributed by atoms with Gasteiger partial charge >= 0.3 is 0 Å². The largest absolute Gasteiger partial charge is 0.273 e. The second-order valence-corrected chi connectivity index (χ2v) is 8.66. The van der Waals surface area contributed by atoms with Crippen LogP contribution < -0.4 is 9.96 Å². The number of non-ortho nitro benzene ring substituents is 1. The van der Waals surface area contributed by atoms with Crippen LogP contribution in [0.2, 0.25) is 5.02 Å². The molecule has 2 heterocycles. The topological polar surface area (TPSA) is 93.0 Å². The van der Waals surface area contributed by atoms with E-state index in [9.17, 15) is 19.7 Å². The van der Waals surface area contributed by atoms with Gasteiger partial charge < -0.3 is 0 Å². The summed E-state index contributed by atoms with van der Waals surface area (Å²) in [6.07, 6.45) is 3.39. The highest BCUT2D eigenvalue weighted by Crippen LogP contribution is 2.52. The number of nitrogens with zero attached hydrogens (tertiary/aromatic N) is 3. The highest BCUT2D eigenvalue weighted by molar-refractivity contribution is 6.30. The van der Waals surface area contributed by atoms with Gasteiger partial charge in [0.25, 0.3) is 11.6 Å². The third-order valence-electron chi connectivity index (χ3n) is 6.53. The monoisotopic (exact) mass is 441 g/mol. The Morgan fingerprint density at radius 3 is 2.39 bits per heavy atom. The molecule has 1 spiro atoms. The number of halogens is 1. The van der Waals surface area contributed by atoms with Gasteiger partial charge in [0.05, 0.1) is 21.8 Å². The van der Waals surface area contributed by atoms with Crippen LogP contribution in [0.5, 0.6) is 0 Å². The molecule has 2 aliphatic heterocycles. The third-order valence-corrected chi connectivity index (χ3v) is 6.79. The van der Waals surface area contributed by atoms with Crippen molar-refractivity contribution in [1.29, 1.82) is 0 Å². The van der Waals surface area contributed by atoms with E-state index >= 15 is 0 Å². The summed E-state index contributed by atoms with van der Waals surface area (Å²) in [5.41, 5.74) is 0.138. The number of carbonyl (C=O) groups excluding carboxylic acids is 2. The predicted molar refractivity (Wildman–Crippen MR) is 114 cm³/mol. The lowest BCUT2D eigenvalue weighted by Crippen LogP contribution is -2.53. The smallest absolute Gasteiger partial charge is 0.271 e. The maximum absolute atomic E-state index is 13.6. The van der Waals surface area contributed by atoms with E-state index in [1.807, 2.05) is 12.1 Å². The Hall–Kier alpha value is -2.97. The van der Waals surface area contributed by atoms with E-state index < -0.39 is 28.4 Å². The van der Waals surface area contributed by atoms with Crippen LogP contribution in [0.4, 0.5) is 17.1 Å². The van der Waals surface area contributed by atoms with Gasteiger partial charge in [-0.15, -0.1) is 0 Å². The van der Waals surface area contributed by atoms with Crippen molar-refractivity contribution in [3.63, 3.8) is 0 Å². The molecule has 3 aliphatic rings. The van der Waals surface area contributed by atoms with Crippen LogP contribution in [0.1, 0.15) is 32.1 Å². The first-order valence-electron chi connectivity index (χ1n) is 10.3. The number of imide groups is 1. The molecular weight excluding hydrogens is 422 g/mol. The van der Waals surface area contributed by atoms with Crippen molar-refractivity contribution in [2.45, 2.75) is 43.7 Å². The zero-order valence-corrected chi connectivity index (χ0v) is 17.3. The van der Waals surface area contributed by atoms with Crippen molar-refractivity contribution in [3.05, 3.63) is 63.7 Å². The summed E-state index contributed by atoms with van der Waals surface area (Å²) in [6.45, 7) is 0. The van der Waals surface area contributed by atoms with Gasteiger partial charge in [0.1, 0.15) is 5.92 Å². The van der Waals surface area contributed by atoms with Gasteiger partial charge in [0.15, 0.2) is 6.10 Å². The Kier molecular flexibility index (Phi) is 4.71. The average Bonchev–Trinajstić information content (AvgIpc) is 3.22. The van der Waals surface area contributed by atoms with Crippen molar-refractivity contribution >= 4 is 40.5 Å². The van der Waals surface area contributed by atoms with Crippen molar-refractivity contribution < 1.29 is 19.3 Å². The summed E-state index contributed by atoms with van der Waals surface area (Å²) in [4.78, 5) is 44.7. The minimum absolute atomic E-state index is 0.175. The summed E-state index contributed by atoms with van der Waals surface area (Å²) in [6, 6.07) is 12.7. The van der Waals surface area contributed by atoms with Crippen molar-refractivity contribution in [2.24, 2.45) is 5.92 Å². The summed E-state index contributed by atoms with van der Waals surface area (Å²) in [5.74, 6) is -1.53. The number of hydroxylamine groups is 1. The Morgan fingerprint density at radius 1 is 1.00 bits per heavy atom. The number of nitro groups is 1. The lowest BCUT2D eigenvalue weighted by Gasteiger charge is -2.43. The first-order chi connectivity index (χ1) is 14.9. The van der Waals surface area contributed by atoms with Crippen LogP contribution in [-0.2, 0) is 14.4 Å². The first-order valence-corrected chi connectivity index (χ1v) is 10.6. The predicted octanol–water partition coefficient (Wildman–Crippen LogP) is 4.26. The molecule has 31 heavy (non-hydrogen) atoms. The van der Waals surface area contributed by atoms with Crippen LogP contribution in [-0.4, -0.2) is 28.4 Å².